The monoisotopic (exact) mass is 403 g/mol. The minimum absolute atomic E-state index is 0.127. The number of aromatic nitrogens is 3. The van der Waals surface area contributed by atoms with Crippen molar-refractivity contribution in [3.05, 3.63) is 83.7 Å². The lowest BCUT2D eigenvalue weighted by atomic mass is 9.99. The highest BCUT2D eigenvalue weighted by molar-refractivity contribution is 5.98. The van der Waals surface area contributed by atoms with Gasteiger partial charge >= 0.3 is 0 Å². The fourth-order valence-electron chi connectivity index (χ4n) is 3.84. The Kier molecular flexibility index (Phi) is 5.61. The molecule has 0 radical (unpaired) electrons. The normalized spacial score (nSPS) is 15.7. The highest BCUT2D eigenvalue weighted by atomic mass is 16.2. The smallest absolute Gasteiger partial charge is 0.254 e. The molecule has 1 atom stereocenters. The number of imidazole rings is 1. The van der Waals surface area contributed by atoms with Gasteiger partial charge in [0, 0.05) is 43.5 Å². The Morgan fingerprint density at radius 2 is 1.97 bits per heavy atom. The number of pyridine rings is 1. The van der Waals surface area contributed by atoms with Crippen molar-refractivity contribution in [2.75, 3.05) is 6.54 Å². The van der Waals surface area contributed by atoms with Crippen LogP contribution in [0.5, 0.6) is 0 Å². The van der Waals surface area contributed by atoms with Gasteiger partial charge in [0.05, 0.1) is 17.7 Å². The maximum absolute atomic E-state index is 13.4. The zero-order valence-electron chi connectivity index (χ0n) is 17.2. The molecular weight excluding hydrogens is 378 g/mol. The molecule has 0 saturated heterocycles. The van der Waals surface area contributed by atoms with Crippen LogP contribution in [0, 0.1) is 0 Å². The van der Waals surface area contributed by atoms with E-state index < -0.39 is 6.04 Å². The van der Waals surface area contributed by atoms with Gasteiger partial charge in [0.1, 0.15) is 0 Å². The molecular formula is C23H25N5O2. The number of hydrogen-bond acceptors (Lipinski definition) is 4. The van der Waals surface area contributed by atoms with Crippen LogP contribution >= 0.6 is 0 Å². The Hall–Kier alpha value is -3.48. The third kappa shape index (κ3) is 3.83. The molecule has 0 bridgehead atoms. The fraction of sp³-hybridized carbons (Fsp3) is 0.304. The number of carbonyl (C=O) groups excluding carboxylic acids is 2. The number of carbonyl (C=O) groups is 2. The second-order valence-electron chi connectivity index (χ2n) is 7.67. The van der Waals surface area contributed by atoms with E-state index >= 15 is 0 Å². The number of benzene rings is 1. The van der Waals surface area contributed by atoms with Crippen LogP contribution in [0.3, 0.4) is 0 Å². The van der Waals surface area contributed by atoms with Gasteiger partial charge in [0.15, 0.2) is 6.04 Å². The van der Waals surface area contributed by atoms with Gasteiger partial charge in [0.25, 0.3) is 5.91 Å². The quantitative estimate of drug-likeness (QED) is 0.710. The average Bonchev–Trinajstić information content (AvgIpc) is 3.22. The Balaban J connectivity index is 1.68. The minimum Gasteiger partial charge on any atom is -0.350 e. The second kappa shape index (κ2) is 8.49. The first-order chi connectivity index (χ1) is 14.6. The maximum atomic E-state index is 13.4. The summed E-state index contributed by atoms with van der Waals surface area (Å²) in [6.45, 7) is 4.89. The summed E-state index contributed by atoms with van der Waals surface area (Å²) in [7, 11) is 0. The molecule has 7 heteroatoms. The molecule has 1 aliphatic rings. The largest absolute Gasteiger partial charge is 0.350 e. The molecule has 3 heterocycles. The van der Waals surface area contributed by atoms with E-state index in [9.17, 15) is 9.59 Å². The van der Waals surface area contributed by atoms with Crippen molar-refractivity contribution >= 4 is 11.8 Å². The van der Waals surface area contributed by atoms with Crippen LogP contribution in [0.1, 0.15) is 53.2 Å². The Bertz CT molecular complexity index is 1030. The summed E-state index contributed by atoms with van der Waals surface area (Å²) in [6.07, 6.45) is 5.81. The Labute approximate surface area is 175 Å². The summed E-state index contributed by atoms with van der Waals surface area (Å²) in [4.78, 5) is 37.0. The van der Waals surface area contributed by atoms with Crippen LogP contribution in [0.15, 0.2) is 61.2 Å². The van der Waals surface area contributed by atoms with Crippen LogP contribution < -0.4 is 5.32 Å². The van der Waals surface area contributed by atoms with Crippen molar-refractivity contribution in [3.63, 3.8) is 0 Å². The molecule has 0 unspecified atom stereocenters. The van der Waals surface area contributed by atoms with Crippen LogP contribution in [-0.2, 0) is 17.8 Å². The Morgan fingerprint density at radius 3 is 2.67 bits per heavy atom. The van der Waals surface area contributed by atoms with Crippen molar-refractivity contribution < 1.29 is 9.59 Å². The van der Waals surface area contributed by atoms with Gasteiger partial charge in [-0.1, -0.05) is 24.3 Å². The number of nitrogens with zero attached hydrogens (tertiary/aromatic N) is 4. The van der Waals surface area contributed by atoms with Gasteiger partial charge in [-0.3, -0.25) is 14.6 Å². The summed E-state index contributed by atoms with van der Waals surface area (Å²) in [5, 5.41) is 2.99. The highest BCUT2D eigenvalue weighted by Crippen LogP contribution is 2.32. The minimum atomic E-state index is -0.733. The molecule has 0 saturated carbocycles. The standard InChI is InChI=1S/C23H25N5O2/c1-16(2)28-15-26-19-10-12-27(23(30)18-8-4-3-5-9-18)21(20(19)28)22(29)25-14-17-7-6-11-24-13-17/h3-9,11,13,15-16,21H,10,12,14H2,1-2H3,(H,25,29)/t21-/m0/s1. The van der Waals surface area contributed by atoms with E-state index in [0.717, 1.165) is 17.0 Å². The lowest BCUT2D eigenvalue weighted by Gasteiger charge is -2.36. The van der Waals surface area contributed by atoms with Crippen molar-refractivity contribution in [1.29, 1.82) is 0 Å². The van der Waals surface area contributed by atoms with Crippen molar-refractivity contribution in [3.8, 4) is 0 Å². The summed E-state index contributed by atoms with van der Waals surface area (Å²) in [5.74, 6) is -0.370. The summed E-state index contributed by atoms with van der Waals surface area (Å²) in [6, 6.07) is 12.2. The maximum Gasteiger partial charge on any atom is 0.254 e. The van der Waals surface area contributed by atoms with Crippen LogP contribution in [0.4, 0.5) is 0 Å². The van der Waals surface area contributed by atoms with E-state index in [1.807, 2.05) is 48.7 Å². The van der Waals surface area contributed by atoms with Gasteiger partial charge in [-0.25, -0.2) is 4.98 Å². The third-order valence-corrected chi connectivity index (χ3v) is 5.35. The topological polar surface area (TPSA) is 80.1 Å². The van der Waals surface area contributed by atoms with Crippen molar-refractivity contribution in [1.82, 2.24) is 24.8 Å². The first-order valence-electron chi connectivity index (χ1n) is 10.1. The molecule has 7 nitrogen and oxygen atoms in total. The highest BCUT2D eigenvalue weighted by Gasteiger charge is 2.39. The molecule has 1 aromatic carbocycles. The van der Waals surface area contributed by atoms with Gasteiger partial charge in [0.2, 0.25) is 5.91 Å². The summed E-state index contributed by atoms with van der Waals surface area (Å²) < 4.78 is 1.99. The predicted molar refractivity (Wildman–Crippen MR) is 113 cm³/mol. The Morgan fingerprint density at radius 1 is 1.17 bits per heavy atom. The molecule has 2 amide bonds. The first kappa shape index (κ1) is 19.8. The van der Waals surface area contributed by atoms with Crippen molar-refractivity contribution in [2.45, 2.75) is 38.9 Å². The number of rotatable bonds is 5. The molecule has 154 valence electrons. The van der Waals surface area contributed by atoms with E-state index in [4.69, 9.17) is 0 Å². The molecule has 1 N–H and O–H groups in total. The number of nitrogens with one attached hydrogen (secondary N) is 1. The van der Waals surface area contributed by atoms with E-state index in [0.29, 0.717) is 25.1 Å². The lowest BCUT2D eigenvalue weighted by Crippen LogP contribution is -2.48. The molecule has 0 fully saturated rings. The molecule has 1 aliphatic heterocycles. The molecule has 3 aromatic rings. The average molecular weight is 403 g/mol. The van der Waals surface area contributed by atoms with Crippen LogP contribution in [-0.4, -0.2) is 37.8 Å². The van der Waals surface area contributed by atoms with Gasteiger partial charge < -0.3 is 14.8 Å². The van der Waals surface area contributed by atoms with E-state index in [1.54, 1.807) is 35.8 Å². The van der Waals surface area contributed by atoms with Gasteiger partial charge in [-0.2, -0.15) is 0 Å². The second-order valence-corrected chi connectivity index (χ2v) is 7.67. The first-order valence-corrected chi connectivity index (χ1v) is 10.1. The molecule has 4 rings (SSSR count). The number of fused-ring (bicyclic) bond motifs is 1. The summed E-state index contributed by atoms with van der Waals surface area (Å²) in [5.41, 5.74) is 3.15. The van der Waals surface area contributed by atoms with Crippen LogP contribution in [0.2, 0.25) is 0 Å². The lowest BCUT2D eigenvalue weighted by molar-refractivity contribution is -0.126. The zero-order chi connectivity index (χ0) is 21.1. The number of amides is 2. The van der Waals surface area contributed by atoms with Crippen molar-refractivity contribution in [2.24, 2.45) is 0 Å². The predicted octanol–water partition coefficient (Wildman–Crippen LogP) is 2.92. The zero-order valence-corrected chi connectivity index (χ0v) is 17.2. The van der Waals surface area contributed by atoms with E-state index in [2.05, 4.69) is 15.3 Å². The molecule has 0 spiro atoms. The van der Waals surface area contributed by atoms with Crippen LogP contribution in [0.25, 0.3) is 0 Å². The number of hydrogen-bond donors (Lipinski definition) is 1. The molecule has 0 aliphatic carbocycles. The summed E-state index contributed by atoms with van der Waals surface area (Å²) >= 11 is 0. The fourth-order valence-corrected chi connectivity index (χ4v) is 3.84. The van der Waals surface area contributed by atoms with Gasteiger partial charge in [-0.15, -0.1) is 0 Å². The molecule has 2 aromatic heterocycles. The van der Waals surface area contributed by atoms with E-state index in [-0.39, 0.29) is 17.9 Å². The SMILES string of the molecule is CC(C)n1cnc2c1[C@@H](C(=O)NCc1cccnc1)N(C(=O)c1ccccc1)CC2. The molecule has 30 heavy (non-hydrogen) atoms. The third-order valence-electron chi connectivity index (χ3n) is 5.35. The van der Waals surface area contributed by atoms with Gasteiger partial charge in [-0.05, 0) is 37.6 Å². The van der Waals surface area contributed by atoms with E-state index in [1.165, 1.54) is 0 Å².